The molecular weight excluding hydrogens is 344 g/mol. The zero-order chi connectivity index (χ0) is 15.7. The van der Waals surface area contributed by atoms with Crippen molar-refractivity contribution in [3.05, 3.63) is 52.0 Å². The van der Waals surface area contributed by atoms with Gasteiger partial charge in [0.15, 0.2) is 0 Å². The van der Waals surface area contributed by atoms with Gasteiger partial charge in [-0.2, -0.15) is 0 Å². The van der Waals surface area contributed by atoms with Gasteiger partial charge in [0.2, 0.25) is 0 Å². The van der Waals surface area contributed by atoms with Crippen LogP contribution >= 0.6 is 35.4 Å². The maximum Gasteiger partial charge on any atom is 0.493 e. The fourth-order valence-corrected chi connectivity index (χ4v) is 2.78. The van der Waals surface area contributed by atoms with Crippen molar-refractivity contribution in [1.29, 1.82) is 0 Å². The van der Waals surface area contributed by atoms with Crippen LogP contribution < -0.4 is 15.5 Å². The molecule has 0 radical (unpaired) electrons. The van der Waals surface area contributed by atoms with Crippen LogP contribution in [0.2, 0.25) is 10.0 Å². The lowest BCUT2D eigenvalue weighted by atomic mass is 9.79. The number of fused-ring (bicyclic) bond motifs is 1. The Balaban J connectivity index is 1.75. The number of anilines is 1. The Morgan fingerprint density at radius 3 is 2.68 bits per heavy atom. The molecule has 0 bridgehead atoms. The van der Waals surface area contributed by atoms with Crippen molar-refractivity contribution in [1.82, 2.24) is 0 Å². The summed E-state index contributed by atoms with van der Waals surface area (Å²) < 4.78 is 10.6. The maximum absolute atomic E-state index is 9.77. The first kappa shape index (κ1) is 15.6. The lowest BCUT2D eigenvalue weighted by molar-refractivity contribution is 0.275. The molecule has 0 amide bonds. The summed E-state index contributed by atoms with van der Waals surface area (Å²) in [5.41, 5.74) is 1.96. The lowest BCUT2D eigenvalue weighted by Gasteiger charge is -2.13. The van der Waals surface area contributed by atoms with Gasteiger partial charge in [-0.3, -0.25) is 0 Å². The number of ether oxygens (including phenoxy) is 1. The Labute approximate surface area is 143 Å². The van der Waals surface area contributed by atoms with Crippen molar-refractivity contribution < 1.29 is 14.4 Å². The first-order chi connectivity index (χ1) is 10.5. The van der Waals surface area contributed by atoms with Crippen molar-refractivity contribution in [2.75, 3.05) is 5.32 Å². The molecule has 0 saturated carbocycles. The van der Waals surface area contributed by atoms with E-state index in [2.05, 4.69) is 5.32 Å². The summed E-state index contributed by atoms with van der Waals surface area (Å²) in [6.07, 6.45) is 0. The molecule has 2 N–H and O–H groups in total. The monoisotopic (exact) mass is 353 g/mol. The Kier molecular flexibility index (Phi) is 4.56. The topological polar surface area (TPSA) is 50.7 Å². The lowest BCUT2D eigenvalue weighted by Crippen LogP contribution is -2.30. The highest BCUT2D eigenvalue weighted by Gasteiger charge is 2.31. The Hall–Kier alpha value is -1.31. The predicted octanol–water partition coefficient (Wildman–Crippen LogP) is 2.99. The van der Waals surface area contributed by atoms with Crippen LogP contribution in [0, 0.1) is 0 Å². The predicted molar refractivity (Wildman–Crippen MR) is 92.1 cm³/mol. The van der Waals surface area contributed by atoms with Gasteiger partial charge in [-0.25, -0.2) is 0 Å². The second-order valence-electron chi connectivity index (χ2n) is 4.63. The summed E-state index contributed by atoms with van der Waals surface area (Å²) in [6, 6.07) is 10.4. The summed E-state index contributed by atoms with van der Waals surface area (Å²) in [5, 5.41) is 13.8. The molecule has 2 aromatic carbocycles. The smallest absolute Gasteiger partial charge is 0.432 e. The van der Waals surface area contributed by atoms with E-state index in [1.165, 1.54) is 0 Å². The third kappa shape index (κ3) is 3.21. The van der Waals surface area contributed by atoms with E-state index in [9.17, 15) is 5.02 Å². The van der Waals surface area contributed by atoms with Crippen molar-refractivity contribution in [2.45, 2.75) is 6.61 Å². The van der Waals surface area contributed by atoms with Crippen LogP contribution in [0.4, 0.5) is 5.69 Å². The van der Waals surface area contributed by atoms with Crippen LogP contribution in [0.5, 0.6) is 5.75 Å². The number of nitrogens with one attached hydrogen (secondary N) is 1. The zero-order valence-corrected chi connectivity index (χ0v) is 13.5. The highest BCUT2D eigenvalue weighted by Crippen LogP contribution is 2.25. The van der Waals surface area contributed by atoms with E-state index in [-0.39, 0.29) is 5.17 Å². The zero-order valence-electron chi connectivity index (χ0n) is 11.2. The second-order valence-corrected chi connectivity index (χ2v) is 5.82. The van der Waals surface area contributed by atoms with Gasteiger partial charge in [0.1, 0.15) is 5.75 Å². The summed E-state index contributed by atoms with van der Waals surface area (Å²) >= 11 is 17.2. The van der Waals surface area contributed by atoms with Crippen LogP contribution in [0.3, 0.4) is 0 Å². The van der Waals surface area contributed by atoms with E-state index < -0.39 is 7.12 Å². The van der Waals surface area contributed by atoms with Gasteiger partial charge >= 0.3 is 7.12 Å². The van der Waals surface area contributed by atoms with Gasteiger partial charge in [-0.15, -0.1) is 0 Å². The first-order valence-electron chi connectivity index (χ1n) is 6.40. The van der Waals surface area contributed by atoms with Crippen molar-refractivity contribution in [3.8, 4) is 5.75 Å². The fourth-order valence-electron chi connectivity index (χ4n) is 2.12. The van der Waals surface area contributed by atoms with Gasteiger partial charge < -0.3 is 19.7 Å². The van der Waals surface area contributed by atoms with Gasteiger partial charge in [-0.1, -0.05) is 29.3 Å². The molecule has 1 aliphatic rings. The highest BCUT2D eigenvalue weighted by molar-refractivity contribution is 7.80. The number of benzene rings is 2. The van der Waals surface area contributed by atoms with Gasteiger partial charge in [-0.05, 0) is 48.1 Å². The minimum absolute atomic E-state index is 0.137. The molecule has 1 heterocycles. The summed E-state index contributed by atoms with van der Waals surface area (Å²) in [4.78, 5) is 0. The number of hydrogen-bond donors (Lipinski definition) is 2. The van der Waals surface area contributed by atoms with Crippen LogP contribution in [0.15, 0.2) is 36.4 Å². The first-order valence-corrected chi connectivity index (χ1v) is 7.56. The average molecular weight is 354 g/mol. The van der Waals surface area contributed by atoms with E-state index in [0.29, 0.717) is 33.6 Å². The highest BCUT2D eigenvalue weighted by atomic mass is 35.5. The van der Waals surface area contributed by atoms with Crippen molar-refractivity contribution >= 4 is 58.9 Å². The molecule has 0 atom stereocenters. The van der Waals surface area contributed by atoms with E-state index in [1.54, 1.807) is 30.3 Å². The molecule has 3 rings (SSSR count). The fraction of sp³-hybridized carbons (Fsp3) is 0.0714. The summed E-state index contributed by atoms with van der Waals surface area (Å²) in [5.74, 6) is 0.558. The SMILES string of the molecule is OB1OCc2ccc(NC(=S)Oc3ccc(Cl)cc3)c(Cl)c21. The third-order valence-corrected chi connectivity index (χ3v) is 4.02. The molecule has 0 spiro atoms. The van der Waals surface area contributed by atoms with E-state index >= 15 is 0 Å². The largest absolute Gasteiger partial charge is 0.493 e. The molecule has 4 nitrogen and oxygen atoms in total. The van der Waals surface area contributed by atoms with E-state index in [1.807, 2.05) is 6.07 Å². The summed E-state index contributed by atoms with van der Waals surface area (Å²) in [6.45, 7) is 0.336. The molecule has 0 aliphatic carbocycles. The number of halogens is 2. The number of hydrogen-bond acceptors (Lipinski definition) is 4. The van der Waals surface area contributed by atoms with Crippen molar-refractivity contribution in [2.24, 2.45) is 0 Å². The van der Waals surface area contributed by atoms with E-state index in [4.69, 9.17) is 44.8 Å². The quantitative estimate of drug-likeness (QED) is 0.642. The molecule has 0 fully saturated rings. The normalized spacial score (nSPS) is 13.0. The molecule has 8 heteroatoms. The minimum atomic E-state index is -1.02. The molecule has 22 heavy (non-hydrogen) atoms. The molecule has 0 saturated heterocycles. The molecule has 0 unspecified atom stereocenters. The molecule has 0 aromatic heterocycles. The van der Waals surface area contributed by atoms with Crippen LogP contribution in [-0.4, -0.2) is 17.3 Å². The van der Waals surface area contributed by atoms with Gasteiger partial charge in [0.05, 0.1) is 17.3 Å². The van der Waals surface area contributed by atoms with Crippen LogP contribution in [0.1, 0.15) is 5.56 Å². The second kappa shape index (κ2) is 6.44. The Bertz CT molecular complexity index is 727. The van der Waals surface area contributed by atoms with Crippen molar-refractivity contribution in [3.63, 3.8) is 0 Å². The maximum atomic E-state index is 9.77. The molecular formula is C14H10BCl2NO3S. The van der Waals surface area contributed by atoms with Gasteiger partial charge in [0.25, 0.3) is 5.17 Å². The molecule has 2 aromatic rings. The molecule has 112 valence electrons. The standard InChI is InChI=1S/C14H10BCl2NO3S/c16-9-2-4-10(5-3-9)21-14(22)18-11-6-1-8-7-20-15(19)12(8)13(11)17/h1-6,19H,7H2,(H,18,22). The third-order valence-electron chi connectivity index (χ3n) is 3.17. The van der Waals surface area contributed by atoms with Crippen LogP contribution in [0.25, 0.3) is 0 Å². The average Bonchev–Trinajstić information content (AvgIpc) is 2.87. The van der Waals surface area contributed by atoms with Gasteiger partial charge in [0, 0.05) is 10.5 Å². The minimum Gasteiger partial charge on any atom is -0.432 e. The van der Waals surface area contributed by atoms with Crippen LogP contribution in [-0.2, 0) is 11.3 Å². The number of rotatable bonds is 2. The Morgan fingerprint density at radius 1 is 1.23 bits per heavy atom. The molecule has 1 aliphatic heterocycles. The number of thiocarbonyl (C=S) groups is 1. The Morgan fingerprint density at radius 2 is 1.95 bits per heavy atom. The van der Waals surface area contributed by atoms with E-state index in [0.717, 1.165) is 5.56 Å². The summed E-state index contributed by atoms with van der Waals surface area (Å²) in [7, 11) is -1.02.